The molecule has 1 heterocycles. The molecule has 0 spiro atoms. The maximum Gasteiger partial charge on any atom is 0.337 e. The Hall–Kier alpha value is -1.56. The van der Waals surface area contributed by atoms with Crippen LogP contribution in [-0.4, -0.2) is 32.9 Å². The van der Waals surface area contributed by atoms with Crippen LogP contribution in [0, 0.1) is 0 Å². The van der Waals surface area contributed by atoms with Crippen LogP contribution in [0.15, 0.2) is 23.4 Å². The zero-order chi connectivity index (χ0) is 12.0. The van der Waals surface area contributed by atoms with Crippen molar-refractivity contribution in [1.82, 2.24) is 4.98 Å². The van der Waals surface area contributed by atoms with Crippen molar-refractivity contribution < 1.29 is 19.8 Å². The lowest BCUT2D eigenvalue weighted by atomic mass is 10.3. The molecule has 1 rings (SSSR count). The third-order valence-corrected chi connectivity index (χ3v) is 2.80. The van der Waals surface area contributed by atoms with E-state index in [4.69, 9.17) is 10.2 Å². The Morgan fingerprint density at radius 1 is 1.31 bits per heavy atom. The number of hydrogen-bond acceptors (Lipinski definition) is 4. The summed E-state index contributed by atoms with van der Waals surface area (Å²) in [4.78, 5) is 24.7. The number of rotatable bonds is 6. The molecule has 0 fully saturated rings. The Morgan fingerprint density at radius 2 is 2.06 bits per heavy atom. The summed E-state index contributed by atoms with van der Waals surface area (Å²) >= 11 is 1.42. The number of carboxylic acid groups (broad SMARTS) is 2. The third-order valence-electron chi connectivity index (χ3n) is 1.77. The van der Waals surface area contributed by atoms with E-state index < -0.39 is 11.9 Å². The van der Waals surface area contributed by atoms with Crippen molar-refractivity contribution in [2.75, 3.05) is 5.75 Å². The zero-order valence-electron chi connectivity index (χ0n) is 8.42. The molecule has 1 aromatic rings. The SMILES string of the molecule is O=C(O)CCCSc1ccc(C(=O)O)cn1. The maximum atomic E-state index is 10.5. The molecule has 0 saturated carbocycles. The van der Waals surface area contributed by atoms with Gasteiger partial charge < -0.3 is 10.2 Å². The number of nitrogens with zero attached hydrogens (tertiary/aromatic N) is 1. The number of carbonyl (C=O) groups is 2. The minimum absolute atomic E-state index is 0.139. The third kappa shape index (κ3) is 4.31. The molecule has 2 N–H and O–H groups in total. The van der Waals surface area contributed by atoms with Crippen LogP contribution < -0.4 is 0 Å². The monoisotopic (exact) mass is 241 g/mol. The first-order valence-corrected chi connectivity index (χ1v) is 5.62. The van der Waals surface area contributed by atoms with Crippen LogP contribution in [0.5, 0.6) is 0 Å². The van der Waals surface area contributed by atoms with Gasteiger partial charge in [0.1, 0.15) is 0 Å². The smallest absolute Gasteiger partial charge is 0.337 e. The van der Waals surface area contributed by atoms with E-state index in [2.05, 4.69) is 4.98 Å². The van der Waals surface area contributed by atoms with Crippen LogP contribution in [0.25, 0.3) is 0 Å². The van der Waals surface area contributed by atoms with Gasteiger partial charge in [0.15, 0.2) is 0 Å². The van der Waals surface area contributed by atoms with Crippen LogP contribution >= 0.6 is 11.8 Å². The molecular formula is C10H11NO4S. The number of hydrogen-bond donors (Lipinski definition) is 2. The normalized spacial score (nSPS) is 10.0. The van der Waals surface area contributed by atoms with Gasteiger partial charge in [-0.05, 0) is 18.6 Å². The summed E-state index contributed by atoms with van der Waals surface area (Å²) in [5, 5.41) is 17.8. The number of thioether (sulfide) groups is 1. The van der Waals surface area contributed by atoms with Crippen molar-refractivity contribution in [3.63, 3.8) is 0 Å². The van der Waals surface area contributed by atoms with Crippen molar-refractivity contribution in [3.8, 4) is 0 Å². The summed E-state index contributed by atoms with van der Waals surface area (Å²) in [7, 11) is 0. The van der Waals surface area contributed by atoms with Crippen LogP contribution in [-0.2, 0) is 4.79 Å². The highest BCUT2D eigenvalue weighted by molar-refractivity contribution is 7.99. The van der Waals surface area contributed by atoms with E-state index in [0.29, 0.717) is 17.2 Å². The fraction of sp³-hybridized carbons (Fsp3) is 0.300. The molecule has 5 nitrogen and oxygen atoms in total. The van der Waals surface area contributed by atoms with E-state index in [1.165, 1.54) is 24.0 Å². The second-order valence-corrected chi connectivity index (χ2v) is 4.15. The first kappa shape index (κ1) is 12.5. The molecule has 1 aromatic heterocycles. The minimum atomic E-state index is -1.00. The van der Waals surface area contributed by atoms with E-state index >= 15 is 0 Å². The summed E-state index contributed by atoms with van der Waals surface area (Å²) in [5.74, 6) is -1.16. The second kappa shape index (κ2) is 6.12. The van der Waals surface area contributed by atoms with Crippen LogP contribution in [0.3, 0.4) is 0 Å². The summed E-state index contributed by atoms with van der Waals surface area (Å²) < 4.78 is 0. The molecule has 0 amide bonds. The van der Waals surface area contributed by atoms with Gasteiger partial charge in [0.05, 0.1) is 10.6 Å². The Balaban J connectivity index is 2.38. The van der Waals surface area contributed by atoms with E-state index in [9.17, 15) is 9.59 Å². The number of carboxylic acids is 2. The number of aromatic nitrogens is 1. The van der Waals surface area contributed by atoms with E-state index in [1.807, 2.05) is 0 Å². The number of pyridine rings is 1. The van der Waals surface area contributed by atoms with Gasteiger partial charge in [-0.25, -0.2) is 9.78 Å². The van der Waals surface area contributed by atoms with Crippen molar-refractivity contribution in [2.45, 2.75) is 17.9 Å². The standard InChI is InChI=1S/C10H11NO4S/c12-9(13)2-1-5-16-8-4-3-7(6-11-8)10(14)15/h3-4,6H,1-2,5H2,(H,12,13)(H,14,15). The van der Waals surface area contributed by atoms with Gasteiger partial charge >= 0.3 is 11.9 Å². The molecule has 0 aliphatic carbocycles. The summed E-state index contributed by atoms with van der Waals surface area (Å²) in [6.07, 6.45) is 2.00. The van der Waals surface area contributed by atoms with Crippen molar-refractivity contribution in [1.29, 1.82) is 0 Å². The molecule has 0 atom stereocenters. The van der Waals surface area contributed by atoms with Crippen molar-refractivity contribution in [2.24, 2.45) is 0 Å². The van der Waals surface area contributed by atoms with Gasteiger partial charge in [0.2, 0.25) is 0 Å². The molecule has 0 aromatic carbocycles. The van der Waals surface area contributed by atoms with E-state index in [1.54, 1.807) is 6.07 Å². The molecule has 86 valence electrons. The Kier molecular flexibility index (Phi) is 4.78. The molecule has 0 aliphatic rings. The highest BCUT2D eigenvalue weighted by Crippen LogP contribution is 2.16. The summed E-state index contributed by atoms with van der Waals surface area (Å²) in [6, 6.07) is 3.10. The Bertz CT molecular complexity index is 377. The molecule has 0 aliphatic heterocycles. The largest absolute Gasteiger partial charge is 0.481 e. The second-order valence-electron chi connectivity index (χ2n) is 3.04. The molecule has 6 heteroatoms. The fourth-order valence-corrected chi connectivity index (χ4v) is 1.78. The van der Waals surface area contributed by atoms with Gasteiger partial charge in [-0.2, -0.15) is 0 Å². The van der Waals surface area contributed by atoms with Crippen LogP contribution in [0.1, 0.15) is 23.2 Å². The molecular weight excluding hydrogens is 230 g/mol. The first-order valence-electron chi connectivity index (χ1n) is 4.63. The lowest BCUT2D eigenvalue weighted by molar-refractivity contribution is -0.137. The predicted octanol–water partition coefficient (Wildman–Crippen LogP) is 1.74. The molecule has 0 radical (unpaired) electrons. The molecule has 0 saturated heterocycles. The quantitative estimate of drug-likeness (QED) is 0.582. The Labute approximate surface area is 96.5 Å². The van der Waals surface area contributed by atoms with Gasteiger partial charge in [-0.15, -0.1) is 11.8 Å². The van der Waals surface area contributed by atoms with Gasteiger partial charge in [0.25, 0.3) is 0 Å². The zero-order valence-corrected chi connectivity index (χ0v) is 9.24. The first-order chi connectivity index (χ1) is 7.59. The lowest BCUT2D eigenvalue weighted by Gasteiger charge is -2.00. The van der Waals surface area contributed by atoms with E-state index in [-0.39, 0.29) is 12.0 Å². The molecule has 0 bridgehead atoms. The minimum Gasteiger partial charge on any atom is -0.481 e. The van der Waals surface area contributed by atoms with Gasteiger partial charge in [-0.3, -0.25) is 4.79 Å². The topological polar surface area (TPSA) is 87.5 Å². The highest BCUT2D eigenvalue weighted by Gasteiger charge is 2.03. The fourth-order valence-electron chi connectivity index (χ4n) is 0.992. The van der Waals surface area contributed by atoms with E-state index in [0.717, 1.165) is 0 Å². The Morgan fingerprint density at radius 3 is 2.56 bits per heavy atom. The molecule has 0 unspecified atom stereocenters. The summed E-state index contributed by atoms with van der Waals surface area (Å²) in [6.45, 7) is 0. The van der Waals surface area contributed by atoms with Crippen molar-refractivity contribution in [3.05, 3.63) is 23.9 Å². The van der Waals surface area contributed by atoms with Crippen molar-refractivity contribution >= 4 is 23.7 Å². The predicted molar refractivity (Wildman–Crippen MR) is 58.8 cm³/mol. The van der Waals surface area contributed by atoms with Gasteiger partial charge in [0, 0.05) is 18.4 Å². The number of aliphatic carboxylic acids is 1. The highest BCUT2D eigenvalue weighted by atomic mass is 32.2. The van der Waals surface area contributed by atoms with Crippen LogP contribution in [0.2, 0.25) is 0 Å². The number of aromatic carboxylic acids is 1. The maximum absolute atomic E-state index is 10.5. The lowest BCUT2D eigenvalue weighted by Crippen LogP contribution is -1.97. The average molecular weight is 241 g/mol. The average Bonchev–Trinajstić information content (AvgIpc) is 2.25. The summed E-state index contributed by atoms with van der Waals surface area (Å²) in [5.41, 5.74) is 0.148. The van der Waals surface area contributed by atoms with Crippen LogP contribution in [0.4, 0.5) is 0 Å². The molecule has 16 heavy (non-hydrogen) atoms. The van der Waals surface area contributed by atoms with Gasteiger partial charge in [-0.1, -0.05) is 0 Å².